The molecule has 2 aromatic carbocycles. The molecule has 1 saturated carbocycles. The van der Waals surface area contributed by atoms with Gasteiger partial charge in [0.1, 0.15) is 11.3 Å². The van der Waals surface area contributed by atoms with E-state index in [-0.39, 0.29) is 0 Å². The van der Waals surface area contributed by atoms with Gasteiger partial charge in [-0.3, -0.25) is 0 Å². The molecule has 4 nitrogen and oxygen atoms in total. The first-order chi connectivity index (χ1) is 12.0. The molecule has 0 unspecified atom stereocenters. The maximum Gasteiger partial charge on any atom is 0.240 e. The van der Waals surface area contributed by atoms with Crippen molar-refractivity contribution in [3.05, 3.63) is 65.9 Å². The van der Waals surface area contributed by atoms with Gasteiger partial charge in [-0.1, -0.05) is 35.9 Å². The Morgan fingerprint density at radius 2 is 1.88 bits per heavy atom. The molecule has 1 aliphatic carbocycles. The molecule has 0 amide bonds. The number of para-hydroxylation sites is 1. The highest BCUT2D eigenvalue weighted by Gasteiger charge is 2.40. The number of rotatable bonds is 6. The van der Waals surface area contributed by atoms with E-state index in [1.807, 2.05) is 37.3 Å². The van der Waals surface area contributed by atoms with Gasteiger partial charge in [-0.2, -0.15) is 0 Å². The highest BCUT2D eigenvalue weighted by molar-refractivity contribution is 7.89. The summed E-state index contributed by atoms with van der Waals surface area (Å²) in [6.45, 7) is 2.40. The van der Waals surface area contributed by atoms with Crippen LogP contribution >= 0.6 is 0 Å². The van der Waals surface area contributed by atoms with Gasteiger partial charge in [0, 0.05) is 17.8 Å². The Hall–Kier alpha value is -2.11. The normalized spacial score (nSPS) is 20.0. The molecule has 0 bridgehead atoms. The van der Waals surface area contributed by atoms with Crippen molar-refractivity contribution in [1.82, 2.24) is 4.72 Å². The van der Waals surface area contributed by atoms with Crippen molar-refractivity contribution in [2.75, 3.05) is 6.54 Å². The van der Waals surface area contributed by atoms with Crippen molar-refractivity contribution in [2.45, 2.75) is 30.6 Å². The summed E-state index contributed by atoms with van der Waals surface area (Å²) in [5.41, 5.74) is 1.97. The number of fused-ring (bicyclic) bond motifs is 1. The topological polar surface area (TPSA) is 59.3 Å². The van der Waals surface area contributed by atoms with E-state index in [2.05, 4.69) is 16.9 Å². The monoisotopic (exact) mass is 355 g/mol. The zero-order valence-electron chi connectivity index (χ0n) is 14.1. The number of hydrogen-bond donors (Lipinski definition) is 1. The Morgan fingerprint density at radius 3 is 2.64 bits per heavy atom. The van der Waals surface area contributed by atoms with E-state index in [1.54, 1.807) is 12.1 Å². The lowest BCUT2D eigenvalue weighted by Crippen LogP contribution is -2.25. The number of sulfonamides is 1. The number of furan rings is 1. The summed E-state index contributed by atoms with van der Waals surface area (Å²) in [5.74, 6) is 1.92. The van der Waals surface area contributed by atoms with E-state index in [4.69, 9.17) is 4.42 Å². The first kappa shape index (κ1) is 16.4. The van der Waals surface area contributed by atoms with Crippen LogP contribution in [0.25, 0.3) is 11.0 Å². The fourth-order valence-corrected chi connectivity index (χ4v) is 4.33. The summed E-state index contributed by atoms with van der Waals surface area (Å²) in [7, 11) is -3.42. The van der Waals surface area contributed by atoms with Crippen LogP contribution in [-0.2, 0) is 10.0 Å². The summed E-state index contributed by atoms with van der Waals surface area (Å²) in [6, 6.07) is 17.0. The van der Waals surface area contributed by atoms with Crippen molar-refractivity contribution in [2.24, 2.45) is 5.92 Å². The average molecular weight is 355 g/mol. The Bertz CT molecular complexity index is 956. The van der Waals surface area contributed by atoms with Crippen LogP contribution in [-0.4, -0.2) is 15.0 Å². The largest absolute Gasteiger partial charge is 0.461 e. The third kappa shape index (κ3) is 3.48. The van der Waals surface area contributed by atoms with Gasteiger partial charge in [0.25, 0.3) is 0 Å². The van der Waals surface area contributed by atoms with Gasteiger partial charge in [-0.15, -0.1) is 0 Å². The van der Waals surface area contributed by atoms with E-state index >= 15 is 0 Å². The first-order valence-electron chi connectivity index (χ1n) is 8.58. The summed E-state index contributed by atoms with van der Waals surface area (Å²) >= 11 is 0. The van der Waals surface area contributed by atoms with Gasteiger partial charge in [-0.25, -0.2) is 13.1 Å². The van der Waals surface area contributed by atoms with Gasteiger partial charge in [0.15, 0.2) is 0 Å². The van der Waals surface area contributed by atoms with E-state index in [0.717, 1.165) is 35.1 Å². The Morgan fingerprint density at radius 1 is 1.12 bits per heavy atom. The van der Waals surface area contributed by atoms with Crippen LogP contribution in [0.5, 0.6) is 0 Å². The predicted octanol–water partition coefficient (Wildman–Crippen LogP) is 4.21. The fourth-order valence-electron chi connectivity index (χ4n) is 3.28. The quantitative estimate of drug-likeness (QED) is 0.720. The molecule has 1 aliphatic rings. The van der Waals surface area contributed by atoms with Crippen molar-refractivity contribution >= 4 is 21.0 Å². The average Bonchev–Trinajstić information content (AvgIpc) is 3.23. The summed E-state index contributed by atoms with van der Waals surface area (Å²) < 4.78 is 33.2. The summed E-state index contributed by atoms with van der Waals surface area (Å²) in [5, 5.41) is 1.13. The van der Waals surface area contributed by atoms with Crippen LogP contribution in [0.1, 0.15) is 30.1 Å². The maximum atomic E-state index is 12.3. The third-order valence-corrected chi connectivity index (χ3v) is 6.35. The molecule has 1 fully saturated rings. The van der Waals surface area contributed by atoms with Gasteiger partial charge < -0.3 is 4.42 Å². The molecule has 2 atom stereocenters. The van der Waals surface area contributed by atoms with Gasteiger partial charge in [-0.05, 0) is 49.9 Å². The van der Waals surface area contributed by atoms with Gasteiger partial charge in [0.2, 0.25) is 10.0 Å². The van der Waals surface area contributed by atoms with Crippen molar-refractivity contribution < 1.29 is 12.8 Å². The standard InChI is InChI=1S/C20H21NO3S/c1-14-6-8-17(9-7-14)25(22,23)21-11-10-15-12-18(15)20-13-16-4-2-3-5-19(16)24-20/h2-9,13,15,18,21H,10-12H2,1H3/t15-,18-/m1/s1. The van der Waals surface area contributed by atoms with E-state index in [0.29, 0.717) is 23.3 Å². The molecule has 25 heavy (non-hydrogen) atoms. The van der Waals surface area contributed by atoms with Crippen LogP contribution in [0.4, 0.5) is 0 Å². The van der Waals surface area contributed by atoms with Crippen molar-refractivity contribution in [3.63, 3.8) is 0 Å². The summed E-state index contributed by atoms with van der Waals surface area (Å²) in [4.78, 5) is 0.322. The number of benzene rings is 2. The zero-order chi connectivity index (χ0) is 17.4. The smallest absolute Gasteiger partial charge is 0.240 e. The molecule has 0 radical (unpaired) electrons. The Balaban J connectivity index is 1.33. The number of nitrogens with one attached hydrogen (secondary N) is 1. The SMILES string of the molecule is Cc1ccc(S(=O)(=O)NCC[C@@H]2C[C@H]2c2cc3ccccc3o2)cc1. The molecule has 1 N–H and O–H groups in total. The number of aryl methyl sites for hydroxylation is 1. The molecule has 3 aromatic rings. The van der Waals surface area contributed by atoms with Gasteiger partial charge in [0.05, 0.1) is 4.90 Å². The van der Waals surface area contributed by atoms with E-state index in [9.17, 15) is 8.42 Å². The lowest BCUT2D eigenvalue weighted by atomic mass is 10.2. The second-order valence-electron chi connectivity index (χ2n) is 6.79. The molecule has 130 valence electrons. The van der Waals surface area contributed by atoms with Crippen LogP contribution in [0, 0.1) is 12.8 Å². The molecule has 0 aliphatic heterocycles. The summed E-state index contributed by atoms with van der Waals surface area (Å²) in [6.07, 6.45) is 1.89. The predicted molar refractivity (Wildman–Crippen MR) is 98.0 cm³/mol. The minimum Gasteiger partial charge on any atom is -0.461 e. The lowest BCUT2D eigenvalue weighted by molar-refractivity contribution is 0.532. The molecule has 1 heterocycles. The van der Waals surface area contributed by atoms with E-state index < -0.39 is 10.0 Å². The minimum atomic E-state index is -3.42. The second kappa shape index (κ2) is 6.32. The van der Waals surface area contributed by atoms with Crippen molar-refractivity contribution in [3.8, 4) is 0 Å². The molecule has 1 aromatic heterocycles. The Kier molecular flexibility index (Phi) is 4.13. The molecule has 4 rings (SSSR count). The lowest BCUT2D eigenvalue weighted by Gasteiger charge is -2.06. The molecule has 5 heteroatoms. The van der Waals surface area contributed by atoms with E-state index in [1.165, 1.54) is 0 Å². The van der Waals surface area contributed by atoms with Gasteiger partial charge >= 0.3 is 0 Å². The Labute approximate surface area is 147 Å². The molecule has 0 spiro atoms. The molecular weight excluding hydrogens is 334 g/mol. The van der Waals surface area contributed by atoms with Crippen LogP contribution in [0.15, 0.2) is 63.9 Å². The minimum absolute atomic E-state index is 0.322. The number of hydrogen-bond acceptors (Lipinski definition) is 3. The first-order valence-corrected chi connectivity index (χ1v) is 10.1. The molecular formula is C20H21NO3S. The molecule has 0 saturated heterocycles. The fraction of sp³-hybridized carbons (Fsp3) is 0.300. The van der Waals surface area contributed by atoms with Crippen LogP contribution < -0.4 is 4.72 Å². The highest BCUT2D eigenvalue weighted by Crippen LogP contribution is 2.50. The zero-order valence-corrected chi connectivity index (χ0v) is 14.9. The van der Waals surface area contributed by atoms with Crippen LogP contribution in [0.2, 0.25) is 0 Å². The third-order valence-electron chi connectivity index (χ3n) is 4.87. The second-order valence-corrected chi connectivity index (χ2v) is 8.56. The maximum absolute atomic E-state index is 12.3. The van der Waals surface area contributed by atoms with Crippen molar-refractivity contribution in [1.29, 1.82) is 0 Å². The van der Waals surface area contributed by atoms with Crippen LogP contribution in [0.3, 0.4) is 0 Å². The highest BCUT2D eigenvalue weighted by atomic mass is 32.2.